The molecule has 134 valence electrons. The summed E-state index contributed by atoms with van der Waals surface area (Å²) in [4.78, 5) is 37.3. The molecule has 0 bridgehead atoms. The van der Waals surface area contributed by atoms with Crippen LogP contribution >= 0.6 is 0 Å². The second kappa shape index (κ2) is 6.82. The monoisotopic (exact) mass is 345 g/mol. The van der Waals surface area contributed by atoms with Gasteiger partial charge in [-0.3, -0.25) is 19.7 Å². The lowest BCUT2D eigenvalue weighted by molar-refractivity contribution is -0.385. The summed E-state index contributed by atoms with van der Waals surface area (Å²) in [6.07, 6.45) is 3.35. The minimum Gasteiger partial charge on any atom is -0.348 e. The molecule has 25 heavy (non-hydrogen) atoms. The molecule has 3 rings (SSSR count). The number of nitro benzene ring substituents is 1. The lowest BCUT2D eigenvalue weighted by atomic mass is 10.0. The Labute approximate surface area is 146 Å². The van der Waals surface area contributed by atoms with Gasteiger partial charge in [0.15, 0.2) is 0 Å². The highest BCUT2D eigenvalue weighted by Gasteiger charge is 2.41. The highest BCUT2D eigenvalue weighted by atomic mass is 16.6. The number of rotatable bonds is 5. The molecule has 1 saturated carbocycles. The van der Waals surface area contributed by atoms with E-state index in [4.69, 9.17) is 0 Å². The first-order chi connectivity index (χ1) is 11.9. The van der Waals surface area contributed by atoms with Crippen molar-refractivity contribution >= 4 is 17.5 Å². The molecule has 1 aliphatic carbocycles. The third-order valence-electron chi connectivity index (χ3n) is 5.05. The van der Waals surface area contributed by atoms with Gasteiger partial charge in [-0.25, -0.2) is 0 Å². The molecule has 1 heterocycles. The van der Waals surface area contributed by atoms with Crippen LogP contribution in [0.25, 0.3) is 0 Å². The predicted octanol–water partition coefficient (Wildman–Crippen LogP) is 2.48. The number of aryl methyl sites for hydroxylation is 1. The minimum atomic E-state index is -0.420. The zero-order valence-corrected chi connectivity index (χ0v) is 14.5. The molecule has 0 spiro atoms. The smallest absolute Gasteiger partial charge is 0.272 e. The average molecular weight is 345 g/mol. The van der Waals surface area contributed by atoms with Gasteiger partial charge in [-0.1, -0.05) is 12.1 Å². The minimum absolute atomic E-state index is 0.0463. The molecule has 1 aliphatic heterocycles. The number of nitrogens with zero attached hydrogens (tertiary/aromatic N) is 2. The molecule has 0 radical (unpaired) electrons. The SMILES string of the molecule is Cc1ccc([C@H](C)NC(=O)[C@@H]2CCCN2C(=O)C2CC2)cc1[N+](=O)[O-]. The van der Waals surface area contributed by atoms with Crippen molar-refractivity contribution in [3.8, 4) is 0 Å². The topological polar surface area (TPSA) is 92.6 Å². The van der Waals surface area contributed by atoms with Gasteiger partial charge >= 0.3 is 0 Å². The standard InChI is InChI=1S/C18H23N3O4/c1-11-5-6-14(10-16(11)21(24)25)12(2)19-17(22)15-4-3-9-20(15)18(23)13-7-8-13/h5-6,10,12-13,15H,3-4,7-9H2,1-2H3,(H,19,22)/t12-,15-/m0/s1. The first kappa shape index (κ1) is 17.4. The van der Waals surface area contributed by atoms with Gasteiger partial charge in [-0.2, -0.15) is 0 Å². The van der Waals surface area contributed by atoms with Gasteiger partial charge in [-0.15, -0.1) is 0 Å². The van der Waals surface area contributed by atoms with Crippen LogP contribution in [0.5, 0.6) is 0 Å². The third kappa shape index (κ3) is 3.65. The maximum absolute atomic E-state index is 12.6. The zero-order chi connectivity index (χ0) is 18.1. The number of carbonyl (C=O) groups is 2. The Morgan fingerprint density at radius 1 is 1.32 bits per heavy atom. The Hall–Kier alpha value is -2.44. The fourth-order valence-electron chi connectivity index (χ4n) is 3.35. The number of nitro groups is 1. The fraction of sp³-hybridized carbons (Fsp3) is 0.556. The largest absolute Gasteiger partial charge is 0.348 e. The Morgan fingerprint density at radius 3 is 2.68 bits per heavy atom. The summed E-state index contributed by atoms with van der Waals surface area (Å²) in [6, 6.07) is 4.20. The summed E-state index contributed by atoms with van der Waals surface area (Å²) in [5.41, 5.74) is 1.32. The van der Waals surface area contributed by atoms with E-state index < -0.39 is 11.0 Å². The van der Waals surface area contributed by atoms with Crippen molar-refractivity contribution in [3.05, 3.63) is 39.4 Å². The third-order valence-corrected chi connectivity index (χ3v) is 5.05. The van der Waals surface area contributed by atoms with Crippen molar-refractivity contribution in [1.82, 2.24) is 10.2 Å². The lowest BCUT2D eigenvalue weighted by Crippen LogP contribution is -2.47. The second-order valence-electron chi connectivity index (χ2n) is 7.00. The normalized spacial score (nSPS) is 21.0. The van der Waals surface area contributed by atoms with Gasteiger partial charge in [0, 0.05) is 24.1 Å². The molecule has 1 saturated heterocycles. The molecule has 7 heteroatoms. The van der Waals surface area contributed by atoms with E-state index in [1.807, 2.05) is 0 Å². The summed E-state index contributed by atoms with van der Waals surface area (Å²) in [7, 11) is 0. The van der Waals surface area contributed by atoms with Crippen LogP contribution in [0.15, 0.2) is 18.2 Å². The zero-order valence-electron chi connectivity index (χ0n) is 14.5. The first-order valence-electron chi connectivity index (χ1n) is 8.74. The maximum Gasteiger partial charge on any atom is 0.272 e. The van der Waals surface area contributed by atoms with E-state index in [2.05, 4.69) is 5.32 Å². The van der Waals surface area contributed by atoms with Gasteiger partial charge in [0.1, 0.15) is 6.04 Å². The summed E-state index contributed by atoms with van der Waals surface area (Å²) < 4.78 is 0. The summed E-state index contributed by atoms with van der Waals surface area (Å²) in [5, 5.41) is 14.0. The molecule has 2 atom stereocenters. The van der Waals surface area contributed by atoms with E-state index in [1.54, 1.807) is 30.9 Å². The lowest BCUT2D eigenvalue weighted by Gasteiger charge is -2.25. The molecular weight excluding hydrogens is 322 g/mol. The van der Waals surface area contributed by atoms with Gasteiger partial charge in [-0.05, 0) is 45.1 Å². The Morgan fingerprint density at radius 2 is 2.04 bits per heavy atom. The molecule has 0 unspecified atom stereocenters. The van der Waals surface area contributed by atoms with E-state index in [9.17, 15) is 19.7 Å². The van der Waals surface area contributed by atoms with Gasteiger partial charge in [0.2, 0.25) is 11.8 Å². The molecule has 1 N–H and O–H groups in total. The van der Waals surface area contributed by atoms with Crippen LogP contribution in [0.2, 0.25) is 0 Å². The summed E-state index contributed by atoms with van der Waals surface area (Å²) >= 11 is 0. The molecule has 2 amide bonds. The van der Waals surface area contributed by atoms with Gasteiger partial charge in [0.25, 0.3) is 5.69 Å². The Balaban J connectivity index is 1.68. The molecule has 1 aromatic rings. The predicted molar refractivity (Wildman–Crippen MR) is 91.9 cm³/mol. The van der Waals surface area contributed by atoms with Gasteiger partial charge < -0.3 is 10.2 Å². The Kier molecular flexibility index (Phi) is 4.74. The Bertz CT molecular complexity index is 714. The number of benzene rings is 1. The number of carbonyl (C=O) groups excluding carboxylic acids is 2. The molecule has 1 aromatic carbocycles. The van der Waals surface area contributed by atoms with Crippen molar-refractivity contribution in [1.29, 1.82) is 0 Å². The van der Waals surface area contributed by atoms with Crippen LogP contribution in [-0.2, 0) is 9.59 Å². The van der Waals surface area contributed by atoms with Crippen molar-refractivity contribution < 1.29 is 14.5 Å². The van der Waals surface area contributed by atoms with E-state index >= 15 is 0 Å². The van der Waals surface area contributed by atoms with Crippen molar-refractivity contribution in [3.63, 3.8) is 0 Å². The van der Waals surface area contributed by atoms with E-state index in [1.165, 1.54) is 6.07 Å². The van der Waals surface area contributed by atoms with Crippen LogP contribution in [0.3, 0.4) is 0 Å². The summed E-state index contributed by atoms with van der Waals surface area (Å²) in [6.45, 7) is 4.12. The number of hydrogen-bond donors (Lipinski definition) is 1. The van der Waals surface area contributed by atoms with Crippen molar-refractivity contribution in [2.75, 3.05) is 6.54 Å². The molecular formula is C18H23N3O4. The van der Waals surface area contributed by atoms with Crippen LogP contribution in [0, 0.1) is 23.0 Å². The van der Waals surface area contributed by atoms with Crippen LogP contribution in [0.1, 0.15) is 49.8 Å². The average Bonchev–Trinajstić information content (AvgIpc) is 3.30. The number of likely N-dealkylation sites (tertiary alicyclic amines) is 1. The molecule has 2 aliphatic rings. The fourth-order valence-corrected chi connectivity index (χ4v) is 3.35. The highest BCUT2D eigenvalue weighted by Crippen LogP contribution is 2.34. The first-order valence-corrected chi connectivity index (χ1v) is 8.74. The van der Waals surface area contributed by atoms with E-state index in [0.29, 0.717) is 24.1 Å². The van der Waals surface area contributed by atoms with Crippen molar-refractivity contribution in [2.45, 2.75) is 51.6 Å². The number of nitrogens with one attached hydrogen (secondary N) is 1. The highest BCUT2D eigenvalue weighted by molar-refractivity contribution is 5.90. The molecule has 7 nitrogen and oxygen atoms in total. The van der Waals surface area contributed by atoms with E-state index in [0.717, 1.165) is 19.3 Å². The molecule has 0 aromatic heterocycles. The molecule has 2 fully saturated rings. The number of hydrogen-bond acceptors (Lipinski definition) is 4. The van der Waals surface area contributed by atoms with Crippen LogP contribution in [-0.4, -0.2) is 34.2 Å². The van der Waals surface area contributed by atoms with Gasteiger partial charge in [0.05, 0.1) is 11.0 Å². The van der Waals surface area contributed by atoms with Crippen LogP contribution in [0.4, 0.5) is 5.69 Å². The second-order valence-corrected chi connectivity index (χ2v) is 7.00. The quantitative estimate of drug-likeness (QED) is 0.655. The van der Waals surface area contributed by atoms with E-state index in [-0.39, 0.29) is 29.5 Å². The van der Waals surface area contributed by atoms with Crippen LogP contribution < -0.4 is 5.32 Å². The van der Waals surface area contributed by atoms with Crippen molar-refractivity contribution in [2.24, 2.45) is 5.92 Å². The maximum atomic E-state index is 12.6. The number of amides is 2. The summed E-state index contributed by atoms with van der Waals surface area (Å²) in [5.74, 6) is 0.0177.